The molecule has 1 heterocycles. The van der Waals surface area contributed by atoms with Gasteiger partial charge in [-0.15, -0.1) is 0 Å². The number of methoxy groups -OCH3 is 1. The molecule has 0 N–H and O–H groups in total. The van der Waals surface area contributed by atoms with E-state index in [0.717, 1.165) is 16.8 Å². The number of fused-ring (bicyclic) bond motifs is 3. The van der Waals surface area contributed by atoms with Crippen molar-refractivity contribution in [2.45, 2.75) is 25.3 Å². The summed E-state index contributed by atoms with van der Waals surface area (Å²) in [4.78, 5) is 26.0. The molecular weight excluding hydrogens is 441 g/mol. The maximum atomic E-state index is 14.6. The molecule has 33 heavy (non-hydrogen) atoms. The van der Waals surface area contributed by atoms with Crippen molar-refractivity contribution >= 4 is 34.3 Å². The second-order valence-corrected chi connectivity index (χ2v) is 8.71. The molecule has 0 spiro atoms. The minimum absolute atomic E-state index is 0.0347. The predicted octanol–water partition coefficient (Wildman–Crippen LogP) is 6.18. The van der Waals surface area contributed by atoms with Crippen LogP contribution in [0.1, 0.15) is 49.9 Å². The molecule has 6 heteroatoms. The van der Waals surface area contributed by atoms with Crippen LogP contribution in [0.25, 0.3) is 10.9 Å². The zero-order chi connectivity index (χ0) is 23.1. The Morgan fingerprint density at radius 2 is 1.82 bits per heavy atom. The van der Waals surface area contributed by atoms with Crippen LogP contribution in [0.4, 0.5) is 4.39 Å². The Morgan fingerprint density at radius 3 is 2.55 bits per heavy atom. The number of Topliss-reactive ketones (excluding diaryl/α,β-unsaturated/α-hetero) is 1. The quantitative estimate of drug-likeness (QED) is 0.341. The van der Waals surface area contributed by atoms with Gasteiger partial charge in [0.1, 0.15) is 5.82 Å². The Hall–Kier alpha value is -3.44. The predicted molar refractivity (Wildman–Crippen MR) is 126 cm³/mol. The smallest absolute Gasteiger partial charge is 0.338 e. The first-order valence-corrected chi connectivity index (χ1v) is 11.1. The Labute approximate surface area is 195 Å². The van der Waals surface area contributed by atoms with Crippen molar-refractivity contribution in [1.29, 1.82) is 0 Å². The van der Waals surface area contributed by atoms with Crippen LogP contribution in [0.3, 0.4) is 0 Å². The number of rotatable bonds is 4. The third kappa shape index (κ3) is 3.72. The highest BCUT2D eigenvalue weighted by molar-refractivity contribution is 6.30. The number of aromatic nitrogens is 1. The largest absolute Gasteiger partial charge is 0.465 e. The lowest BCUT2D eigenvalue weighted by atomic mass is 9.81. The number of esters is 1. The summed E-state index contributed by atoms with van der Waals surface area (Å²) in [5.74, 6) is -0.884. The summed E-state index contributed by atoms with van der Waals surface area (Å²) in [6.45, 7) is 0.254. The SMILES string of the molecule is COC(=O)c1cccc2c1c1c(n2Cc2ccccc2F)CC(c2ccc(Cl)cc2)CC1=O. The average molecular weight is 462 g/mol. The number of ether oxygens (including phenoxy) is 1. The highest BCUT2D eigenvalue weighted by atomic mass is 35.5. The van der Waals surface area contributed by atoms with Crippen LogP contribution in [-0.4, -0.2) is 23.4 Å². The van der Waals surface area contributed by atoms with Crippen LogP contribution in [0.15, 0.2) is 66.7 Å². The molecule has 0 bridgehead atoms. The molecule has 1 aromatic heterocycles. The molecule has 5 rings (SSSR count). The van der Waals surface area contributed by atoms with Gasteiger partial charge in [0, 0.05) is 33.7 Å². The first kappa shape index (κ1) is 21.4. The molecule has 0 radical (unpaired) electrons. The van der Waals surface area contributed by atoms with Crippen molar-refractivity contribution < 1.29 is 18.7 Å². The lowest BCUT2D eigenvalue weighted by Crippen LogP contribution is -2.21. The Kier molecular flexibility index (Phi) is 5.51. The van der Waals surface area contributed by atoms with E-state index in [4.69, 9.17) is 16.3 Å². The fourth-order valence-corrected chi connectivity index (χ4v) is 4.95. The molecule has 0 aliphatic heterocycles. The van der Waals surface area contributed by atoms with E-state index < -0.39 is 5.97 Å². The lowest BCUT2D eigenvalue weighted by molar-refractivity contribution is 0.0603. The second kappa shape index (κ2) is 8.49. The number of hydrogen-bond acceptors (Lipinski definition) is 3. The van der Waals surface area contributed by atoms with Crippen LogP contribution in [0.2, 0.25) is 5.02 Å². The molecule has 0 fully saturated rings. The zero-order valence-electron chi connectivity index (χ0n) is 18.0. The van der Waals surface area contributed by atoms with Gasteiger partial charge in [0.25, 0.3) is 0 Å². The van der Waals surface area contributed by atoms with Crippen LogP contribution in [0, 0.1) is 5.82 Å². The van der Waals surface area contributed by atoms with Crippen molar-refractivity contribution in [1.82, 2.24) is 4.57 Å². The van der Waals surface area contributed by atoms with Gasteiger partial charge in [-0.3, -0.25) is 4.79 Å². The fourth-order valence-electron chi connectivity index (χ4n) is 4.82. The molecule has 0 amide bonds. The number of nitrogens with zero attached hydrogens (tertiary/aromatic N) is 1. The average Bonchev–Trinajstić information content (AvgIpc) is 3.14. The van der Waals surface area contributed by atoms with Gasteiger partial charge in [0.2, 0.25) is 0 Å². The summed E-state index contributed by atoms with van der Waals surface area (Å²) in [5.41, 5.74) is 3.94. The van der Waals surface area contributed by atoms with Crippen molar-refractivity contribution in [3.05, 3.63) is 106 Å². The van der Waals surface area contributed by atoms with E-state index in [9.17, 15) is 14.0 Å². The second-order valence-electron chi connectivity index (χ2n) is 8.27. The van der Waals surface area contributed by atoms with E-state index in [0.29, 0.717) is 39.9 Å². The summed E-state index contributed by atoms with van der Waals surface area (Å²) >= 11 is 6.05. The van der Waals surface area contributed by atoms with Gasteiger partial charge in [0.05, 0.1) is 24.7 Å². The number of ketones is 1. The summed E-state index contributed by atoms with van der Waals surface area (Å²) in [6, 6.07) is 19.4. The minimum Gasteiger partial charge on any atom is -0.465 e. The maximum absolute atomic E-state index is 14.6. The van der Waals surface area contributed by atoms with E-state index in [-0.39, 0.29) is 24.1 Å². The number of carbonyl (C=O) groups excluding carboxylic acids is 2. The minimum atomic E-state index is -0.501. The zero-order valence-corrected chi connectivity index (χ0v) is 18.7. The van der Waals surface area contributed by atoms with E-state index in [1.807, 2.05) is 34.9 Å². The van der Waals surface area contributed by atoms with Gasteiger partial charge in [0.15, 0.2) is 5.78 Å². The molecule has 1 aliphatic carbocycles. The maximum Gasteiger partial charge on any atom is 0.338 e. The van der Waals surface area contributed by atoms with Crippen molar-refractivity contribution in [3.63, 3.8) is 0 Å². The Morgan fingerprint density at radius 1 is 1.06 bits per heavy atom. The number of carbonyl (C=O) groups is 2. The number of halogens is 2. The molecule has 0 saturated carbocycles. The molecule has 166 valence electrons. The van der Waals surface area contributed by atoms with Crippen LogP contribution < -0.4 is 0 Å². The summed E-state index contributed by atoms with van der Waals surface area (Å²) in [6.07, 6.45) is 0.912. The molecular formula is C27H21ClFNO3. The monoisotopic (exact) mass is 461 g/mol. The van der Waals surface area contributed by atoms with Crippen molar-refractivity contribution in [2.24, 2.45) is 0 Å². The standard InChI is InChI=1S/C27H21ClFNO3/c1-33-27(32)20-6-4-8-22-25(20)26-23(30(22)15-17-5-2-3-7-21(17)29)13-18(14-24(26)31)16-9-11-19(28)12-10-16/h2-12,18H,13-15H2,1H3. The topological polar surface area (TPSA) is 48.3 Å². The molecule has 1 unspecified atom stereocenters. The third-order valence-electron chi connectivity index (χ3n) is 6.38. The molecule has 4 aromatic rings. The van der Waals surface area contributed by atoms with Gasteiger partial charge >= 0.3 is 5.97 Å². The molecule has 4 nitrogen and oxygen atoms in total. The first-order valence-electron chi connectivity index (χ1n) is 10.7. The van der Waals surface area contributed by atoms with Crippen LogP contribution in [0.5, 0.6) is 0 Å². The normalized spacial score (nSPS) is 15.5. The number of hydrogen-bond donors (Lipinski definition) is 0. The third-order valence-corrected chi connectivity index (χ3v) is 6.63. The first-order chi connectivity index (χ1) is 16.0. The highest BCUT2D eigenvalue weighted by Gasteiger charge is 2.34. The number of benzene rings is 3. The van der Waals surface area contributed by atoms with Gasteiger partial charge in [-0.05, 0) is 48.2 Å². The van der Waals surface area contributed by atoms with E-state index in [1.165, 1.54) is 13.2 Å². The molecule has 0 saturated heterocycles. The molecule has 3 aromatic carbocycles. The van der Waals surface area contributed by atoms with Gasteiger partial charge < -0.3 is 9.30 Å². The Bertz CT molecular complexity index is 1390. The van der Waals surface area contributed by atoms with Crippen LogP contribution in [-0.2, 0) is 17.7 Å². The fraction of sp³-hybridized carbons (Fsp3) is 0.185. The van der Waals surface area contributed by atoms with Crippen molar-refractivity contribution in [2.75, 3.05) is 7.11 Å². The molecule has 1 aliphatic rings. The molecule has 1 atom stereocenters. The summed E-state index contributed by atoms with van der Waals surface area (Å²) in [5, 5.41) is 1.22. The summed E-state index contributed by atoms with van der Waals surface area (Å²) in [7, 11) is 1.32. The van der Waals surface area contributed by atoms with E-state index >= 15 is 0 Å². The van der Waals surface area contributed by atoms with Gasteiger partial charge in [-0.25, -0.2) is 9.18 Å². The lowest BCUT2D eigenvalue weighted by Gasteiger charge is -2.24. The summed E-state index contributed by atoms with van der Waals surface area (Å²) < 4.78 is 21.5. The van der Waals surface area contributed by atoms with Crippen molar-refractivity contribution in [3.8, 4) is 0 Å². The van der Waals surface area contributed by atoms with E-state index in [1.54, 1.807) is 30.3 Å². The van der Waals surface area contributed by atoms with Gasteiger partial charge in [-0.1, -0.05) is 48.0 Å². The highest BCUT2D eigenvalue weighted by Crippen LogP contribution is 2.40. The van der Waals surface area contributed by atoms with Crippen LogP contribution >= 0.6 is 11.6 Å². The van der Waals surface area contributed by atoms with E-state index in [2.05, 4.69) is 0 Å². The van der Waals surface area contributed by atoms with Gasteiger partial charge in [-0.2, -0.15) is 0 Å². The Balaban J connectivity index is 1.72.